The molecule has 1 aromatic rings. The van der Waals surface area contributed by atoms with Gasteiger partial charge in [-0.3, -0.25) is 4.79 Å². The number of anilines is 1. The molecule has 9 heteroatoms. The predicted octanol–water partition coefficient (Wildman–Crippen LogP) is 2.65. The van der Waals surface area contributed by atoms with Crippen molar-refractivity contribution >= 4 is 32.4 Å². The summed E-state index contributed by atoms with van der Waals surface area (Å²) >= 11 is 0. The van der Waals surface area contributed by atoms with Gasteiger partial charge in [-0.15, -0.1) is 0 Å². The van der Waals surface area contributed by atoms with Crippen molar-refractivity contribution < 1.29 is 22.7 Å². The van der Waals surface area contributed by atoms with Gasteiger partial charge in [-0.1, -0.05) is 25.8 Å². The van der Waals surface area contributed by atoms with Gasteiger partial charge in [0.1, 0.15) is 6.04 Å². The third-order valence-electron chi connectivity index (χ3n) is 5.42. The summed E-state index contributed by atoms with van der Waals surface area (Å²) in [4.78, 5) is 27.4. The van der Waals surface area contributed by atoms with Crippen LogP contribution in [-0.2, 0) is 24.2 Å². The van der Waals surface area contributed by atoms with Crippen LogP contribution < -0.4 is 5.01 Å². The summed E-state index contributed by atoms with van der Waals surface area (Å²) in [6, 6.07) is 4.01. The minimum atomic E-state index is -4.11. The lowest BCUT2D eigenvalue weighted by molar-refractivity contribution is -0.144. The molecule has 0 N–H and O–H groups in total. The van der Waals surface area contributed by atoms with Gasteiger partial charge in [0.05, 0.1) is 17.2 Å². The first-order chi connectivity index (χ1) is 14.3. The van der Waals surface area contributed by atoms with Gasteiger partial charge in [-0.25, -0.2) is 18.2 Å². The van der Waals surface area contributed by atoms with Crippen LogP contribution in [0.25, 0.3) is 0 Å². The van der Waals surface area contributed by atoms with Crippen LogP contribution >= 0.6 is 0 Å². The average Bonchev–Trinajstić information content (AvgIpc) is 2.99. The van der Waals surface area contributed by atoms with Gasteiger partial charge in [-0.05, 0) is 50.8 Å². The van der Waals surface area contributed by atoms with Crippen molar-refractivity contribution in [3.05, 3.63) is 23.8 Å². The highest BCUT2D eigenvalue weighted by molar-refractivity contribution is 8.08. The van der Waals surface area contributed by atoms with Crippen molar-refractivity contribution in [1.82, 2.24) is 4.90 Å². The van der Waals surface area contributed by atoms with Crippen LogP contribution in [0.3, 0.4) is 0 Å². The van der Waals surface area contributed by atoms with E-state index in [-0.39, 0.29) is 11.5 Å². The zero-order valence-electron chi connectivity index (χ0n) is 17.8. The number of likely N-dealkylation sites (tertiary alicyclic amines) is 1. The number of hydrogen-bond acceptors (Lipinski definition) is 7. The second-order valence-corrected chi connectivity index (χ2v) is 9.44. The summed E-state index contributed by atoms with van der Waals surface area (Å²) in [7, 11) is -4.11. The molecule has 0 radical (unpaired) electrons. The monoisotopic (exact) mass is 435 g/mol. The highest BCUT2D eigenvalue weighted by Gasteiger charge is 2.42. The van der Waals surface area contributed by atoms with E-state index in [0.29, 0.717) is 25.2 Å². The lowest BCUT2D eigenvalue weighted by Crippen LogP contribution is -2.47. The van der Waals surface area contributed by atoms with Gasteiger partial charge < -0.3 is 9.64 Å². The molecule has 0 bridgehead atoms. The summed E-state index contributed by atoms with van der Waals surface area (Å²) in [5.41, 5.74) is 1.12. The van der Waals surface area contributed by atoms with Gasteiger partial charge in [0.25, 0.3) is 5.91 Å². The molecule has 8 nitrogen and oxygen atoms in total. The Hall–Kier alpha value is -2.42. The van der Waals surface area contributed by atoms with E-state index in [2.05, 4.69) is 5.10 Å². The Bertz CT molecular complexity index is 949. The average molecular weight is 436 g/mol. The second kappa shape index (κ2) is 9.16. The molecule has 1 amide bonds. The molecule has 2 aliphatic heterocycles. The molecule has 0 spiro atoms. The van der Waals surface area contributed by atoms with E-state index >= 15 is 0 Å². The van der Waals surface area contributed by atoms with Gasteiger partial charge in [-0.2, -0.15) is 5.10 Å². The van der Waals surface area contributed by atoms with E-state index in [1.54, 1.807) is 30.9 Å². The fraction of sp³-hybridized carbons (Fsp3) is 0.571. The molecule has 3 rings (SSSR count). The third kappa shape index (κ3) is 4.21. The maximum absolute atomic E-state index is 13.3. The normalized spacial score (nSPS) is 19.4. The number of aryl methyl sites for hydroxylation is 1. The van der Waals surface area contributed by atoms with Crippen LogP contribution in [0.1, 0.15) is 51.5 Å². The van der Waals surface area contributed by atoms with Crippen molar-refractivity contribution in [2.75, 3.05) is 24.7 Å². The number of amides is 1. The number of nitrogens with zero attached hydrogens (tertiary/aromatic N) is 3. The minimum absolute atomic E-state index is 0.0102. The number of fused-ring (bicyclic) bond motifs is 1. The van der Waals surface area contributed by atoms with Crippen molar-refractivity contribution in [1.29, 1.82) is 0 Å². The first-order valence-corrected chi connectivity index (χ1v) is 12.0. The molecular weight excluding hydrogens is 406 g/mol. The number of esters is 1. The Kier molecular flexibility index (Phi) is 6.80. The molecule has 164 valence electrons. The van der Waals surface area contributed by atoms with Crippen LogP contribution in [0.4, 0.5) is 5.69 Å². The Morgan fingerprint density at radius 1 is 1.13 bits per heavy atom. The predicted molar refractivity (Wildman–Crippen MR) is 114 cm³/mol. The van der Waals surface area contributed by atoms with Gasteiger partial charge in [0, 0.05) is 13.1 Å². The standard InChI is InChI=1S/C21H29N3O5S/c1-4-16(21(26)29-5-2)24-17-14-15(3)10-11-18(17)30(27,28)19(22-24)20(25)23-12-8-6-7-9-13-23/h10-11,14,16H,4-9,12-13H2,1-3H3. The van der Waals surface area contributed by atoms with Gasteiger partial charge in [0.2, 0.25) is 14.9 Å². The topological polar surface area (TPSA) is 96.3 Å². The second-order valence-electron chi connectivity index (χ2n) is 7.61. The number of benzene rings is 1. The lowest BCUT2D eigenvalue weighted by atomic mass is 10.1. The zero-order valence-corrected chi connectivity index (χ0v) is 18.6. The fourth-order valence-corrected chi connectivity index (χ4v) is 5.26. The Morgan fingerprint density at radius 3 is 2.40 bits per heavy atom. The zero-order chi connectivity index (χ0) is 21.9. The summed E-state index contributed by atoms with van der Waals surface area (Å²) in [6.07, 6.45) is 4.04. The van der Waals surface area contributed by atoms with Gasteiger partial charge in [0.15, 0.2) is 0 Å². The molecule has 30 heavy (non-hydrogen) atoms. The van der Waals surface area contributed by atoms with E-state index in [1.165, 1.54) is 11.1 Å². The van der Waals surface area contributed by atoms with E-state index in [0.717, 1.165) is 31.2 Å². The molecule has 1 unspecified atom stereocenters. The summed E-state index contributed by atoms with van der Waals surface area (Å²) in [5, 5.41) is 5.10. The summed E-state index contributed by atoms with van der Waals surface area (Å²) in [6.45, 7) is 6.54. The largest absolute Gasteiger partial charge is 0.464 e. The van der Waals surface area contributed by atoms with E-state index < -0.39 is 32.8 Å². The molecule has 1 atom stereocenters. The summed E-state index contributed by atoms with van der Waals surface area (Å²) < 4.78 is 31.8. The minimum Gasteiger partial charge on any atom is -0.464 e. The van der Waals surface area contributed by atoms with Crippen LogP contribution in [-0.4, -0.2) is 56.0 Å². The third-order valence-corrected chi connectivity index (χ3v) is 7.11. The van der Waals surface area contributed by atoms with Crippen LogP contribution in [0, 0.1) is 6.92 Å². The van der Waals surface area contributed by atoms with Crippen molar-refractivity contribution in [2.24, 2.45) is 5.10 Å². The number of ether oxygens (including phenoxy) is 1. The Labute approximate surface area is 177 Å². The number of hydrogen-bond donors (Lipinski definition) is 0. The number of rotatable bonds is 5. The Morgan fingerprint density at radius 2 is 1.80 bits per heavy atom. The molecule has 0 saturated carbocycles. The lowest BCUT2D eigenvalue weighted by Gasteiger charge is -2.33. The van der Waals surface area contributed by atoms with Crippen LogP contribution in [0.5, 0.6) is 0 Å². The maximum atomic E-state index is 13.3. The molecule has 0 aliphatic carbocycles. The molecule has 0 aromatic heterocycles. The smallest absolute Gasteiger partial charge is 0.330 e. The maximum Gasteiger partial charge on any atom is 0.330 e. The highest BCUT2D eigenvalue weighted by Crippen LogP contribution is 2.35. The highest BCUT2D eigenvalue weighted by atomic mass is 32.2. The number of sulfone groups is 1. The molecule has 1 fully saturated rings. The molecule has 1 saturated heterocycles. The van der Waals surface area contributed by atoms with Crippen molar-refractivity contribution in [3.63, 3.8) is 0 Å². The van der Waals surface area contributed by atoms with Gasteiger partial charge >= 0.3 is 5.97 Å². The van der Waals surface area contributed by atoms with Crippen LogP contribution in [0.2, 0.25) is 0 Å². The number of carbonyl (C=O) groups excluding carboxylic acids is 2. The first kappa shape index (κ1) is 22.3. The Balaban J connectivity index is 2.11. The van der Waals surface area contributed by atoms with E-state index in [1.807, 2.05) is 6.92 Å². The fourth-order valence-electron chi connectivity index (χ4n) is 3.83. The van der Waals surface area contributed by atoms with E-state index in [4.69, 9.17) is 4.74 Å². The number of carbonyl (C=O) groups is 2. The first-order valence-electron chi connectivity index (χ1n) is 10.5. The van der Waals surface area contributed by atoms with Crippen molar-refractivity contribution in [3.8, 4) is 0 Å². The summed E-state index contributed by atoms with van der Waals surface area (Å²) in [5.74, 6) is -1.11. The SMILES string of the molecule is CCOC(=O)C(CC)N1N=C(C(=O)N2CCCCCC2)S(=O)(=O)c2ccc(C)cc21. The molecule has 2 heterocycles. The molecule has 2 aliphatic rings. The number of hydrazone groups is 1. The van der Waals surface area contributed by atoms with E-state index in [9.17, 15) is 18.0 Å². The quantitative estimate of drug-likeness (QED) is 0.660. The van der Waals surface area contributed by atoms with Crippen molar-refractivity contribution in [2.45, 2.75) is 63.8 Å². The van der Waals surface area contributed by atoms with Crippen LogP contribution in [0.15, 0.2) is 28.2 Å². The molecular formula is C21H29N3O5S. The molecule has 1 aromatic carbocycles.